The van der Waals surface area contributed by atoms with Crippen molar-refractivity contribution in [1.29, 1.82) is 0 Å². The molecule has 0 saturated carbocycles. The van der Waals surface area contributed by atoms with E-state index in [9.17, 15) is 14.7 Å². The lowest BCUT2D eigenvalue weighted by Crippen LogP contribution is -2.40. The van der Waals surface area contributed by atoms with Gasteiger partial charge < -0.3 is 10.4 Å². The Balaban J connectivity index is 1.79. The molecule has 1 amide bonds. The van der Waals surface area contributed by atoms with Gasteiger partial charge in [-0.2, -0.15) is 0 Å². The Bertz CT molecular complexity index is 900. The fraction of sp³-hybridized carbons (Fsp3) is 0.188. The van der Waals surface area contributed by atoms with Crippen LogP contribution in [0.15, 0.2) is 52.9 Å². The number of carbonyl (C=O) groups is 1. The van der Waals surface area contributed by atoms with E-state index in [0.29, 0.717) is 10.5 Å². The summed E-state index contributed by atoms with van der Waals surface area (Å²) in [4.78, 5) is 29.1. The van der Waals surface area contributed by atoms with Crippen molar-refractivity contribution in [3.63, 3.8) is 0 Å². The fourth-order valence-corrected chi connectivity index (χ4v) is 2.90. The van der Waals surface area contributed by atoms with Crippen LogP contribution in [0.25, 0.3) is 4.96 Å². The third kappa shape index (κ3) is 3.01. The van der Waals surface area contributed by atoms with Crippen molar-refractivity contribution in [1.82, 2.24) is 14.7 Å². The quantitative estimate of drug-likeness (QED) is 0.758. The predicted octanol–water partition coefficient (Wildman–Crippen LogP) is 1.39. The van der Waals surface area contributed by atoms with Crippen molar-refractivity contribution in [2.24, 2.45) is 0 Å². The Morgan fingerprint density at radius 1 is 1.39 bits per heavy atom. The standard InChI is InChI=1S/C16H15N3O3S/c1-16(22,11-5-3-2-4-6-11)10-18-13(20)12-9-17-15-19(14(12)21)7-8-23-15/h2-9,22H,10H2,1H3,(H,18,20). The van der Waals surface area contributed by atoms with Crippen molar-refractivity contribution in [2.45, 2.75) is 12.5 Å². The lowest BCUT2D eigenvalue weighted by Gasteiger charge is -2.24. The first-order valence-electron chi connectivity index (χ1n) is 7.00. The second kappa shape index (κ2) is 5.94. The molecule has 0 aliphatic rings. The van der Waals surface area contributed by atoms with Crippen molar-refractivity contribution >= 4 is 22.2 Å². The average molecular weight is 329 g/mol. The van der Waals surface area contributed by atoms with Crippen LogP contribution in [0.4, 0.5) is 0 Å². The summed E-state index contributed by atoms with van der Waals surface area (Å²) < 4.78 is 1.33. The van der Waals surface area contributed by atoms with E-state index in [4.69, 9.17) is 0 Å². The molecule has 2 heterocycles. The zero-order valence-electron chi connectivity index (χ0n) is 12.4. The zero-order valence-corrected chi connectivity index (χ0v) is 13.2. The lowest BCUT2D eigenvalue weighted by atomic mass is 9.96. The van der Waals surface area contributed by atoms with Crippen LogP contribution in [-0.2, 0) is 5.60 Å². The minimum absolute atomic E-state index is 0.0123. The van der Waals surface area contributed by atoms with Crippen LogP contribution in [-0.4, -0.2) is 26.9 Å². The molecule has 0 fully saturated rings. The molecule has 0 bridgehead atoms. The SMILES string of the molecule is CC(O)(CNC(=O)c1cnc2sccn2c1=O)c1ccccc1. The van der Waals surface area contributed by atoms with Crippen LogP contribution < -0.4 is 10.9 Å². The van der Waals surface area contributed by atoms with Crippen LogP contribution in [0.3, 0.4) is 0 Å². The van der Waals surface area contributed by atoms with E-state index in [1.54, 1.807) is 30.6 Å². The van der Waals surface area contributed by atoms with E-state index in [0.717, 1.165) is 0 Å². The van der Waals surface area contributed by atoms with Crippen LogP contribution in [0, 0.1) is 0 Å². The summed E-state index contributed by atoms with van der Waals surface area (Å²) in [7, 11) is 0. The van der Waals surface area contributed by atoms with E-state index < -0.39 is 17.1 Å². The Morgan fingerprint density at radius 3 is 2.87 bits per heavy atom. The molecule has 6 nitrogen and oxygen atoms in total. The van der Waals surface area contributed by atoms with Gasteiger partial charge in [-0.1, -0.05) is 30.3 Å². The normalized spacial score (nSPS) is 13.7. The van der Waals surface area contributed by atoms with Crippen molar-refractivity contribution in [2.75, 3.05) is 6.54 Å². The van der Waals surface area contributed by atoms with Gasteiger partial charge in [0.25, 0.3) is 11.5 Å². The van der Waals surface area contributed by atoms with Crippen LogP contribution in [0.2, 0.25) is 0 Å². The van der Waals surface area contributed by atoms with Gasteiger partial charge in [0, 0.05) is 17.8 Å². The minimum atomic E-state index is -1.23. The molecule has 0 spiro atoms. The molecule has 2 aromatic heterocycles. The van der Waals surface area contributed by atoms with Crippen LogP contribution in [0.1, 0.15) is 22.8 Å². The summed E-state index contributed by atoms with van der Waals surface area (Å²) in [5, 5.41) is 14.8. The van der Waals surface area contributed by atoms with E-state index in [1.165, 1.54) is 21.9 Å². The summed E-state index contributed by atoms with van der Waals surface area (Å²) in [5.74, 6) is -0.556. The molecule has 0 radical (unpaired) electrons. The van der Waals surface area contributed by atoms with Gasteiger partial charge in [0.05, 0.1) is 6.54 Å². The molecule has 2 N–H and O–H groups in total. The Labute approximate surface area is 136 Å². The molecular weight excluding hydrogens is 314 g/mol. The number of hydrogen-bond acceptors (Lipinski definition) is 5. The summed E-state index contributed by atoms with van der Waals surface area (Å²) in [6.07, 6.45) is 2.84. The molecule has 1 aromatic carbocycles. The molecular formula is C16H15N3O3S. The van der Waals surface area contributed by atoms with Gasteiger partial charge in [0.2, 0.25) is 0 Å². The lowest BCUT2D eigenvalue weighted by molar-refractivity contribution is 0.0526. The second-order valence-corrected chi connectivity index (χ2v) is 6.23. The number of nitrogens with one attached hydrogen (secondary N) is 1. The summed E-state index contributed by atoms with van der Waals surface area (Å²) in [6, 6.07) is 9.03. The molecule has 3 aromatic rings. The predicted molar refractivity (Wildman–Crippen MR) is 87.7 cm³/mol. The number of benzene rings is 1. The minimum Gasteiger partial charge on any atom is -0.384 e. The van der Waals surface area contributed by atoms with E-state index >= 15 is 0 Å². The highest BCUT2D eigenvalue weighted by molar-refractivity contribution is 7.15. The van der Waals surface area contributed by atoms with Crippen molar-refractivity contribution in [3.05, 3.63) is 69.6 Å². The third-order valence-corrected chi connectivity index (χ3v) is 4.35. The highest BCUT2D eigenvalue weighted by atomic mass is 32.1. The highest BCUT2D eigenvalue weighted by Crippen LogP contribution is 2.19. The molecule has 23 heavy (non-hydrogen) atoms. The first-order chi connectivity index (χ1) is 11.0. The Morgan fingerprint density at radius 2 is 2.13 bits per heavy atom. The van der Waals surface area contributed by atoms with Crippen LogP contribution in [0.5, 0.6) is 0 Å². The number of nitrogens with zero attached hydrogens (tertiary/aromatic N) is 2. The van der Waals surface area contributed by atoms with Gasteiger partial charge >= 0.3 is 0 Å². The number of carbonyl (C=O) groups excluding carboxylic acids is 1. The summed E-state index contributed by atoms with van der Waals surface area (Å²) in [6.45, 7) is 1.59. The third-order valence-electron chi connectivity index (χ3n) is 3.58. The van der Waals surface area contributed by atoms with Crippen molar-refractivity contribution < 1.29 is 9.90 Å². The maximum atomic E-state index is 12.2. The van der Waals surface area contributed by atoms with Gasteiger partial charge in [0.1, 0.15) is 11.2 Å². The van der Waals surface area contributed by atoms with Crippen LogP contribution >= 0.6 is 11.3 Å². The molecule has 3 rings (SSSR count). The van der Waals surface area contributed by atoms with Gasteiger partial charge in [-0.25, -0.2) is 4.98 Å². The molecule has 1 unspecified atom stereocenters. The average Bonchev–Trinajstić information content (AvgIpc) is 3.03. The molecule has 0 aliphatic carbocycles. The smallest absolute Gasteiger partial charge is 0.271 e. The zero-order chi connectivity index (χ0) is 16.4. The number of amides is 1. The van der Waals surface area contributed by atoms with Gasteiger partial charge in [-0.3, -0.25) is 14.0 Å². The number of rotatable bonds is 4. The van der Waals surface area contributed by atoms with Gasteiger partial charge in [-0.15, -0.1) is 11.3 Å². The monoisotopic (exact) mass is 329 g/mol. The first kappa shape index (κ1) is 15.4. The molecule has 0 aliphatic heterocycles. The summed E-state index contributed by atoms with van der Waals surface area (Å²) >= 11 is 1.32. The maximum absolute atomic E-state index is 12.2. The Kier molecular flexibility index (Phi) is 3.97. The van der Waals surface area contributed by atoms with Gasteiger partial charge in [-0.05, 0) is 12.5 Å². The fourth-order valence-electron chi connectivity index (χ4n) is 2.23. The van der Waals surface area contributed by atoms with Crippen molar-refractivity contribution in [3.8, 4) is 0 Å². The Hall–Kier alpha value is -2.51. The highest BCUT2D eigenvalue weighted by Gasteiger charge is 2.24. The number of aliphatic hydroxyl groups is 1. The summed E-state index contributed by atoms with van der Waals surface area (Å²) in [5.41, 5.74) is -1.02. The van der Waals surface area contributed by atoms with E-state index in [-0.39, 0.29) is 12.1 Å². The molecule has 0 saturated heterocycles. The number of fused-ring (bicyclic) bond motifs is 1. The molecule has 7 heteroatoms. The maximum Gasteiger partial charge on any atom is 0.271 e. The second-order valence-electron chi connectivity index (χ2n) is 5.36. The molecule has 1 atom stereocenters. The topological polar surface area (TPSA) is 83.7 Å². The molecule has 118 valence electrons. The van der Waals surface area contributed by atoms with E-state index in [2.05, 4.69) is 10.3 Å². The number of aromatic nitrogens is 2. The van der Waals surface area contributed by atoms with Gasteiger partial charge in [0.15, 0.2) is 4.96 Å². The first-order valence-corrected chi connectivity index (χ1v) is 7.88. The largest absolute Gasteiger partial charge is 0.384 e. The number of thiazole rings is 1. The van der Waals surface area contributed by atoms with E-state index in [1.807, 2.05) is 18.2 Å². The number of hydrogen-bond donors (Lipinski definition) is 2.